The first-order valence-corrected chi connectivity index (χ1v) is 5.84. The third-order valence-electron chi connectivity index (χ3n) is 2.56. The fourth-order valence-corrected chi connectivity index (χ4v) is 1.60. The molecule has 0 radical (unpaired) electrons. The number of hydrazone groups is 1. The molecule has 1 aromatic heterocycles. The van der Waals surface area contributed by atoms with Crippen LogP contribution in [0.1, 0.15) is 5.56 Å². The minimum absolute atomic E-state index is 0.154. The van der Waals surface area contributed by atoms with E-state index >= 15 is 0 Å². The van der Waals surface area contributed by atoms with Gasteiger partial charge in [0.05, 0.1) is 12.2 Å². The molecule has 1 heterocycles. The largest absolute Gasteiger partial charge is 0.382 e. The van der Waals surface area contributed by atoms with Crippen LogP contribution in [0, 0.1) is 16.7 Å². The Labute approximate surface area is 115 Å². The second kappa shape index (κ2) is 6.15. The maximum absolute atomic E-state index is 8.80. The molecule has 0 unspecified atom stereocenters. The summed E-state index contributed by atoms with van der Waals surface area (Å²) >= 11 is 0. The molecule has 0 aliphatic heterocycles. The normalized spacial score (nSPS) is 10.8. The molecule has 2 rings (SSSR count). The Kier molecular flexibility index (Phi) is 4.09. The van der Waals surface area contributed by atoms with E-state index in [9.17, 15) is 0 Å². The first-order valence-electron chi connectivity index (χ1n) is 5.84. The van der Waals surface area contributed by atoms with E-state index in [4.69, 9.17) is 16.4 Å². The van der Waals surface area contributed by atoms with E-state index in [0.29, 0.717) is 6.54 Å². The second-order valence-electron chi connectivity index (χ2n) is 3.96. The highest BCUT2D eigenvalue weighted by atomic mass is 15.3. The summed E-state index contributed by atoms with van der Waals surface area (Å²) in [7, 11) is 0. The Morgan fingerprint density at radius 1 is 1.45 bits per heavy atom. The molecule has 0 bridgehead atoms. The van der Waals surface area contributed by atoms with Crippen LogP contribution in [0.4, 0.5) is 5.69 Å². The zero-order valence-corrected chi connectivity index (χ0v) is 10.6. The van der Waals surface area contributed by atoms with Crippen LogP contribution in [0.5, 0.6) is 0 Å². The molecular weight excluding hydrogens is 254 g/mol. The zero-order chi connectivity index (χ0) is 14.4. The van der Waals surface area contributed by atoms with Crippen molar-refractivity contribution in [1.29, 1.82) is 10.7 Å². The van der Waals surface area contributed by atoms with Crippen molar-refractivity contribution < 1.29 is 0 Å². The third-order valence-corrected chi connectivity index (χ3v) is 2.56. The molecule has 7 nitrogen and oxygen atoms in total. The van der Waals surface area contributed by atoms with Crippen LogP contribution in [-0.4, -0.2) is 21.3 Å². The number of hydrogen-bond acceptors (Lipinski definition) is 5. The number of hydrogen-bond donors (Lipinski definition) is 3. The number of amidine groups is 1. The van der Waals surface area contributed by atoms with Gasteiger partial charge in [-0.25, -0.2) is 0 Å². The van der Waals surface area contributed by atoms with Gasteiger partial charge in [0, 0.05) is 12.4 Å². The Morgan fingerprint density at radius 2 is 2.25 bits per heavy atom. The first-order chi connectivity index (χ1) is 9.70. The molecule has 2 aromatic rings. The molecule has 100 valence electrons. The van der Waals surface area contributed by atoms with Gasteiger partial charge in [-0.1, -0.05) is 18.2 Å². The summed E-state index contributed by atoms with van der Waals surface area (Å²) in [4.78, 5) is 0. The molecule has 0 atom stereocenters. The highest BCUT2D eigenvalue weighted by molar-refractivity contribution is 6.45. The average Bonchev–Trinajstić information content (AvgIpc) is 2.94. The zero-order valence-electron chi connectivity index (χ0n) is 10.6. The SMILES string of the molecule is N#C/C(=N\Nc1ccccc1Cn1cccn1)C(=N)N. The quantitative estimate of drug-likeness (QED) is 0.428. The van der Waals surface area contributed by atoms with Gasteiger partial charge in [-0.2, -0.15) is 15.5 Å². The molecule has 4 N–H and O–H groups in total. The Hall–Kier alpha value is -3.14. The number of rotatable bonds is 5. The monoisotopic (exact) mass is 267 g/mol. The predicted octanol–water partition coefficient (Wildman–Crippen LogP) is 1.16. The summed E-state index contributed by atoms with van der Waals surface area (Å²) in [6.07, 6.45) is 3.56. The fourth-order valence-electron chi connectivity index (χ4n) is 1.60. The molecule has 0 aliphatic carbocycles. The van der Waals surface area contributed by atoms with Gasteiger partial charge in [0.25, 0.3) is 0 Å². The number of para-hydroxylation sites is 1. The van der Waals surface area contributed by atoms with Crippen molar-refractivity contribution in [2.45, 2.75) is 6.54 Å². The van der Waals surface area contributed by atoms with Gasteiger partial charge in [-0.05, 0) is 17.7 Å². The first kappa shape index (κ1) is 13.3. The van der Waals surface area contributed by atoms with Crippen LogP contribution in [0.25, 0.3) is 0 Å². The Balaban J connectivity index is 2.20. The smallest absolute Gasteiger partial charge is 0.201 e. The average molecular weight is 267 g/mol. The van der Waals surface area contributed by atoms with E-state index in [1.807, 2.05) is 36.5 Å². The van der Waals surface area contributed by atoms with Crippen molar-refractivity contribution >= 4 is 17.2 Å². The number of anilines is 1. The van der Waals surface area contributed by atoms with Crippen molar-refractivity contribution in [1.82, 2.24) is 9.78 Å². The maximum Gasteiger partial charge on any atom is 0.201 e. The molecule has 0 aliphatic rings. The molecule has 0 saturated carbocycles. The van der Waals surface area contributed by atoms with E-state index in [0.717, 1.165) is 11.3 Å². The third kappa shape index (κ3) is 3.20. The van der Waals surface area contributed by atoms with Gasteiger partial charge in [0.1, 0.15) is 6.07 Å². The number of nitriles is 1. The molecule has 0 saturated heterocycles. The topological polar surface area (TPSA) is 116 Å². The van der Waals surface area contributed by atoms with Gasteiger partial charge in [0.15, 0.2) is 5.84 Å². The summed E-state index contributed by atoms with van der Waals surface area (Å²) in [5, 5.41) is 24.0. The number of nitrogens with one attached hydrogen (secondary N) is 2. The van der Waals surface area contributed by atoms with Crippen molar-refractivity contribution in [3.63, 3.8) is 0 Å². The second-order valence-corrected chi connectivity index (χ2v) is 3.96. The molecule has 0 fully saturated rings. The lowest BCUT2D eigenvalue weighted by molar-refractivity contribution is 0.687. The van der Waals surface area contributed by atoms with Crippen LogP contribution in [0.2, 0.25) is 0 Å². The van der Waals surface area contributed by atoms with Gasteiger partial charge < -0.3 is 5.73 Å². The highest BCUT2D eigenvalue weighted by Crippen LogP contribution is 2.16. The van der Waals surface area contributed by atoms with Gasteiger partial charge in [-0.3, -0.25) is 15.5 Å². The summed E-state index contributed by atoms with van der Waals surface area (Å²) in [5.41, 5.74) is 9.54. The van der Waals surface area contributed by atoms with Gasteiger partial charge in [-0.15, -0.1) is 0 Å². The molecule has 0 amide bonds. The van der Waals surface area contributed by atoms with E-state index < -0.39 is 0 Å². The van der Waals surface area contributed by atoms with Crippen LogP contribution in [0.15, 0.2) is 47.8 Å². The van der Waals surface area contributed by atoms with E-state index in [1.165, 1.54) is 0 Å². The van der Waals surface area contributed by atoms with Crippen molar-refractivity contribution in [2.75, 3.05) is 5.43 Å². The van der Waals surface area contributed by atoms with Gasteiger partial charge in [0.2, 0.25) is 5.71 Å². The Morgan fingerprint density at radius 3 is 2.90 bits per heavy atom. The van der Waals surface area contributed by atoms with Crippen molar-refractivity contribution in [3.8, 4) is 6.07 Å². The lowest BCUT2D eigenvalue weighted by Gasteiger charge is -2.09. The standard InChI is InChI=1S/C13H13N7/c14-8-12(13(15)16)19-18-11-5-2-1-4-10(11)9-20-7-3-6-17-20/h1-7,18H,9H2,(H3,15,16)/b19-12+. The van der Waals surface area contributed by atoms with Crippen LogP contribution < -0.4 is 11.2 Å². The summed E-state index contributed by atoms with van der Waals surface area (Å²) in [6.45, 7) is 0.577. The predicted molar refractivity (Wildman–Crippen MR) is 76.4 cm³/mol. The highest BCUT2D eigenvalue weighted by Gasteiger charge is 2.04. The number of nitrogens with zero attached hydrogens (tertiary/aromatic N) is 4. The van der Waals surface area contributed by atoms with E-state index in [-0.39, 0.29) is 11.5 Å². The summed E-state index contributed by atoms with van der Waals surface area (Å²) in [5.74, 6) is -0.371. The van der Waals surface area contributed by atoms with Crippen LogP contribution >= 0.6 is 0 Å². The van der Waals surface area contributed by atoms with Crippen molar-refractivity contribution in [3.05, 3.63) is 48.3 Å². The molecule has 1 aromatic carbocycles. The minimum Gasteiger partial charge on any atom is -0.382 e. The van der Waals surface area contributed by atoms with E-state index in [1.54, 1.807) is 16.9 Å². The van der Waals surface area contributed by atoms with Crippen molar-refractivity contribution in [2.24, 2.45) is 10.8 Å². The number of aromatic nitrogens is 2. The summed E-state index contributed by atoms with van der Waals surface area (Å²) in [6, 6.07) is 11.1. The molecule has 0 spiro atoms. The molecular formula is C13H13N7. The van der Waals surface area contributed by atoms with Crippen LogP contribution in [-0.2, 0) is 6.54 Å². The number of benzene rings is 1. The summed E-state index contributed by atoms with van der Waals surface area (Å²) < 4.78 is 1.78. The minimum atomic E-state index is -0.371. The molecule has 7 heteroatoms. The van der Waals surface area contributed by atoms with Gasteiger partial charge >= 0.3 is 0 Å². The fraction of sp³-hybridized carbons (Fsp3) is 0.0769. The van der Waals surface area contributed by atoms with Crippen LogP contribution in [0.3, 0.4) is 0 Å². The lowest BCUT2D eigenvalue weighted by atomic mass is 10.2. The number of nitrogens with two attached hydrogens (primary N) is 1. The Bertz CT molecular complexity index is 664. The molecule has 20 heavy (non-hydrogen) atoms. The lowest BCUT2D eigenvalue weighted by Crippen LogP contribution is -2.22. The van der Waals surface area contributed by atoms with E-state index in [2.05, 4.69) is 15.6 Å². The maximum atomic E-state index is 8.80.